The molecule has 0 saturated carbocycles. The van der Waals surface area contributed by atoms with E-state index in [2.05, 4.69) is 48.3 Å². The molecule has 1 N–H and O–H groups in total. The molecule has 14 heavy (non-hydrogen) atoms. The van der Waals surface area contributed by atoms with Crippen LogP contribution in [-0.2, 0) is 0 Å². The summed E-state index contributed by atoms with van der Waals surface area (Å²) in [4.78, 5) is 2.44. The van der Waals surface area contributed by atoms with Gasteiger partial charge in [0.2, 0.25) is 0 Å². The van der Waals surface area contributed by atoms with E-state index >= 15 is 0 Å². The van der Waals surface area contributed by atoms with E-state index in [-0.39, 0.29) is 0 Å². The van der Waals surface area contributed by atoms with Crippen LogP contribution < -0.4 is 10.2 Å². The fourth-order valence-electron chi connectivity index (χ4n) is 2.03. The molecular formula is C12H18N2. The Morgan fingerprint density at radius 3 is 2.86 bits per heavy atom. The second-order valence-corrected chi connectivity index (χ2v) is 3.81. The first-order chi connectivity index (χ1) is 6.85. The number of fused-ring (bicyclic) bond motifs is 1. The lowest BCUT2D eigenvalue weighted by molar-refractivity contribution is 0.641. The summed E-state index contributed by atoms with van der Waals surface area (Å²) in [5.74, 6) is 0. The Morgan fingerprint density at radius 2 is 2.14 bits per heavy atom. The summed E-state index contributed by atoms with van der Waals surface area (Å²) in [5.41, 5.74) is 2.63. The fourth-order valence-corrected chi connectivity index (χ4v) is 2.03. The second-order valence-electron chi connectivity index (χ2n) is 3.81. The number of hydrogen-bond donors (Lipinski definition) is 1. The Hall–Kier alpha value is -1.18. The SMILES string of the molecule is CCC1CN(CC)c2ccccc2N1. The zero-order chi connectivity index (χ0) is 9.97. The first kappa shape index (κ1) is 9.38. The number of hydrogen-bond acceptors (Lipinski definition) is 2. The number of rotatable bonds is 2. The van der Waals surface area contributed by atoms with Gasteiger partial charge in [-0.2, -0.15) is 0 Å². The summed E-state index contributed by atoms with van der Waals surface area (Å²) in [6, 6.07) is 9.16. The Labute approximate surface area is 85.9 Å². The van der Waals surface area contributed by atoms with E-state index in [0.717, 1.165) is 13.1 Å². The molecule has 0 aliphatic carbocycles. The number of benzene rings is 1. The van der Waals surface area contributed by atoms with Gasteiger partial charge in [0.1, 0.15) is 0 Å². The van der Waals surface area contributed by atoms with Crippen molar-refractivity contribution in [1.82, 2.24) is 0 Å². The van der Waals surface area contributed by atoms with Gasteiger partial charge in [0.25, 0.3) is 0 Å². The molecule has 0 aromatic heterocycles. The van der Waals surface area contributed by atoms with Gasteiger partial charge in [0.05, 0.1) is 11.4 Å². The molecule has 0 amide bonds. The van der Waals surface area contributed by atoms with Crippen LogP contribution in [0.4, 0.5) is 11.4 Å². The van der Waals surface area contributed by atoms with Gasteiger partial charge in [-0.15, -0.1) is 0 Å². The number of anilines is 2. The molecule has 0 radical (unpaired) electrons. The maximum Gasteiger partial charge on any atom is 0.0602 e. The van der Waals surface area contributed by atoms with Crippen LogP contribution in [0.15, 0.2) is 24.3 Å². The highest BCUT2D eigenvalue weighted by Gasteiger charge is 2.20. The predicted octanol–water partition coefficient (Wildman–Crippen LogP) is 2.72. The van der Waals surface area contributed by atoms with Crippen molar-refractivity contribution in [2.45, 2.75) is 26.3 Å². The average Bonchev–Trinajstić information content (AvgIpc) is 2.27. The van der Waals surface area contributed by atoms with Crippen LogP contribution in [0.2, 0.25) is 0 Å². The van der Waals surface area contributed by atoms with E-state index in [0.29, 0.717) is 6.04 Å². The average molecular weight is 190 g/mol. The molecule has 2 nitrogen and oxygen atoms in total. The largest absolute Gasteiger partial charge is 0.379 e. The molecule has 0 bridgehead atoms. The fraction of sp³-hybridized carbons (Fsp3) is 0.500. The minimum absolute atomic E-state index is 0.602. The third-order valence-corrected chi connectivity index (χ3v) is 2.92. The van der Waals surface area contributed by atoms with Crippen LogP contribution in [0.3, 0.4) is 0 Å². The lowest BCUT2D eigenvalue weighted by atomic mass is 10.1. The highest BCUT2D eigenvalue weighted by Crippen LogP contribution is 2.30. The van der Waals surface area contributed by atoms with Crippen LogP contribution >= 0.6 is 0 Å². The van der Waals surface area contributed by atoms with Gasteiger partial charge in [-0.05, 0) is 25.5 Å². The minimum Gasteiger partial charge on any atom is -0.379 e. The number of nitrogens with one attached hydrogen (secondary N) is 1. The molecule has 1 aromatic carbocycles. The Kier molecular flexibility index (Phi) is 2.62. The monoisotopic (exact) mass is 190 g/mol. The van der Waals surface area contributed by atoms with Crippen LogP contribution in [0.25, 0.3) is 0 Å². The minimum atomic E-state index is 0.602. The maximum atomic E-state index is 3.57. The smallest absolute Gasteiger partial charge is 0.0602 e. The van der Waals surface area contributed by atoms with Gasteiger partial charge in [0, 0.05) is 19.1 Å². The van der Waals surface area contributed by atoms with Crippen molar-refractivity contribution in [3.05, 3.63) is 24.3 Å². The van der Waals surface area contributed by atoms with Gasteiger partial charge in [0.15, 0.2) is 0 Å². The van der Waals surface area contributed by atoms with E-state index in [4.69, 9.17) is 0 Å². The Morgan fingerprint density at radius 1 is 1.36 bits per heavy atom. The van der Waals surface area contributed by atoms with E-state index in [9.17, 15) is 0 Å². The predicted molar refractivity (Wildman–Crippen MR) is 62.0 cm³/mol. The molecule has 1 heterocycles. The summed E-state index contributed by atoms with van der Waals surface area (Å²) >= 11 is 0. The van der Waals surface area contributed by atoms with Crippen molar-refractivity contribution in [3.8, 4) is 0 Å². The third kappa shape index (κ3) is 1.57. The Balaban J connectivity index is 2.31. The molecule has 0 fully saturated rings. The lowest BCUT2D eigenvalue weighted by Gasteiger charge is -2.36. The molecule has 1 aliphatic rings. The molecule has 1 aromatic rings. The molecule has 76 valence electrons. The maximum absolute atomic E-state index is 3.57. The van der Waals surface area contributed by atoms with Crippen molar-refractivity contribution in [2.24, 2.45) is 0 Å². The molecule has 1 atom stereocenters. The summed E-state index contributed by atoms with van der Waals surface area (Å²) in [7, 11) is 0. The van der Waals surface area contributed by atoms with Crippen molar-refractivity contribution >= 4 is 11.4 Å². The van der Waals surface area contributed by atoms with Gasteiger partial charge in [-0.3, -0.25) is 0 Å². The van der Waals surface area contributed by atoms with Gasteiger partial charge in [-0.25, -0.2) is 0 Å². The van der Waals surface area contributed by atoms with Crippen molar-refractivity contribution in [1.29, 1.82) is 0 Å². The topological polar surface area (TPSA) is 15.3 Å². The molecule has 2 heteroatoms. The first-order valence-corrected chi connectivity index (χ1v) is 5.45. The molecule has 0 spiro atoms. The van der Waals surface area contributed by atoms with E-state index in [1.165, 1.54) is 17.8 Å². The molecule has 1 aliphatic heterocycles. The molecule has 2 rings (SSSR count). The second kappa shape index (κ2) is 3.91. The first-order valence-electron chi connectivity index (χ1n) is 5.45. The van der Waals surface area contributed by atoms with Gasteiger partial charge < -0.3 is 10.2 Å². The normalized spacial score (nSPS) is 20.1. The van der Waals surface area contributed by atoms with Crippen LogP contribution in [-0.4, -0.2) is 19.1 Å². The van der Waals surface area contributed by atoms with Crippen molar-refractivity contribution in [3.63, 3.8) is 0 Å². The number of likely N-dealkylation sites (N-methyl/N-ethyl adjacent to an activating group) is 1. The lowest BCUT2D eigenvalue weighted by Crippen LogP contribution is -2.40. The third-order valence-electron chi connectivity index (χ3n) is 2.92. The molecular weight excluding hydrogens is 172 g/mol. The zero-order valence-electron chi connectivity index (χ0n) is 8.96. The van der Waals surface area contributed by atoms with Crippen molar-refractivity contribution < 1.29 is 0 Å². The van der Waals surface area contributed by atoms with Crippen LogP contribution in [0, 0.1) is 0 Å². The highest BCUT2D eigenvalue weighted by molar-refractivity contribution is 5.72. The Bertz CT molecular complexity index is 309. The van der Waals surface area contributed by atoms with Crippen LogP contribution in [0.5, 0.6) is 0 Å². The number of nitrogens with zero attached hydrogens (tertiary/aromatic N) is 1. The van der Waals surface area contributed by atoms with E-state index < -0.39 is 0 Å². The quantitative estimate of drug-likeness (QED) is 0.771. The van der Waals surface area contributed by atoms with E-state index in [1.807, 2.05) is 0 Å². The van der Waals surface area contributed by atoms with Crippen LogP contribution in [0.1, 0.15) is 20.3 Å². The number of para-hydroxylation sites is 2. The zero-order valence-corrected chi connectivity index (χ0v) is 8.96. The summed E-state index contributed by atoms with van der Waals surface area (Å²) < 4.78 is 0. The van der Waals surface area contributed by atoms with Gasteiger partial charge in [-0.1, -0.05) is 19.1 Å². The van der Waals surface area contributed by atoms with E-state index in [1.54, 1.807) is 0 Å². The summed E-state index contributed by atoms with van der Waals surface area (Å²) in [5, 5.41) is 3.57. The molecule has 1 unspecified atom stereocenters. The standard InChI is InChI=1S/C12H18N2/c1-3-10-9-14(4-2)12-8-6-5-7-11(12)13-10/h5-8,10,13H,3-4,9H2,1-2H3. The summed E-state index contributed by atoms with van der Waals surface area (Å²) in [6.07, 6.45) is 1.19. The molecule has 0 saturated heterocycles. The van der Waals surface area contributed by atoms with Gasteiger partial charge >= 0.3 is 0 Å². The highest BCUT2D eigenvalue weighted by atomic mass is 15.2. The van der Waals surface area contributed by atoms with Crippen molar-refractivity contribution in [2.75, 3.05) is 23.3 Å². The summed E-state index contributed by atoms with van der Waals surface area (Å²) in [6.45, 7) is 6.67.